The van der Waals surface area contributed by atoms with Gasteiger partial charge in [0.15, 0.2) is 0 Å². The molecule has 1 unspecified atom stereocenters. The second-order valence-electron chi connectivity index (χ2n) is 5.70. The van der Waals surface area contributed by atoms with E-state index in [9.17, 15) is 0 Å². The molecule has 1 atom stereocenters. The quantitative estimate of drug-likeness (QED) is 0.573. The standard InChI is InChI=1S/C15H31NS/c1-3-4-5-6-7-8-9-12-16-14-15(2)11-10-13-17-15/h16H,3-14H2,1-2H3. The maximum atomic E-state index is 3.65. The molecule has 0 aromatic rings. The Morgan fingerprint density at radius 2 is 1.76 bits per heavy atom. The van der Waals surface area contributed by atoms with E-state index >= 15 is 0 Å². The van der Waals surface area contributed by atoms with Gasteiger partial charge in [-0.1, -0.05) is 45.4 Å². The molecule has 0 aliphatic carbocycles. The largest absolute Gasteiger partial charge is 0.315 e. The molecule has 0 bridgehead atoms. The van der Waals surface area contributed by atoms with Crippen LogP contribution < -0.4 is 5.32 Å². The molecule has 1 nitrogen and oxygen atoms in total. The first-order valence-corrected chi connectivity index (χ1v) is 8.60. The van der Waals surface area contributed by atoms with Gasteiger partial charge in [0, 0.05) is 11.3 Å². The third kappa shape index (κ3) is 7.35. The molecule has 1 rings (SSSR count). The molecule has 0 aromatic heterocycles. The van der Waals surface area contributed by atoms with Crippen LogP contribution in [-0.2, 0) is 0 Å². The Kier molecular flexibility index (Phi) is 8.38. The van der Waals surface area contributed by atoms with Gasteiger partial charge < -0.3 is 5.32 Å². The minimum atomic E-state index is 0.543. The average molecular weight is 257 g/mol. The van der Waals surface area contributed by atoms with E-state index < -0.39 is 0 Å². The zero-order chi connectivity index (χ0) is 12.4. The van der Waals surface area contributed by atoms with Crippen molar-refractivity contribution >= 4 is 11.8 Å². The summed E-state index contributed by atoms with van der Waals surface area (Å²) in [4.78, 5) is 0. The maximum Gasteiger partial charge on any atom is 0.0256 e. The first-order chi connectivity index (χ1) is 8.27. The van der Waals surface area contributed by atoms with E-state index in [1.807, 2.05) is 0 Å². The van der Waals surface area contributed by atoms with Gasteiger partial charge in [-0.25, -0.2) is 0 Å². The molecule has 1 aliphatic heterocycles. The van der Waals surface area contributed by atoms with Crippen molar-refractivity contribution in [1.82, 2.24) is 5.32 Å². The van der Waals surface area contributed by atoms with Gasteiger partial charge in [0.25, 0.3) is 0 Å². The third-order valence-electron chi connectivity index (χ3n) is 3.76. The summed E-state index contributed by atoms with van der Waals surface area (Å²) in [6.45, 7) is 7.14. The van der Waals surface area contributed by atoms with Crippen molar-refractivity contribution in [1.29, 1.82) is 0 Å². The minimum Gasteiger partial charge on any atom is -0.315 e. The van der Waals surface area contributed by atoms with Gasteiger partial charge in [-0.2, -0.15) is 11.8 Å². The molecule has 2 heteroatoms. The molecule has 0 amide bonds. The number of nitrogens with one attached hydrogen (secondary N) is 1. The van der Waals surface area contributed by atoms with Crippen LogP contribution in [0.5, 0.6) is 0 Å². The summed E-state index contributed by atoms with van der Waals surface area (Å²) in [6.07, 6.45) is 12.7. The Balaban J connectivity index is 1.81. The first-order valence-electron chi connectivity index (χ1n) is 7.61. The summed E-state index contributed by atoms with van der Waals surface area (Å²) >= 11 is 2.16. The van der Waals surface area contributed by atoms with E-state index in [0.717, 1.165) is 0 Å². The van der Waals surface area contributed by atoms with Crippen LogP contribution in [0.15, 0.2) is 0 Å². The van der Waals surface area contributed by atoms with E-state index in [0.29, 0.717) is 4.75 Å². The van der Waals surface area contributed by atoms with Crippen molar-refractivity contribution in [3.8, 4) is 0 Å². The fraction of sp³-hybridized carbons (Fsp3) is 1.00. The highest BCUT2D eigenvalue weighted by Gasteiger charge is 2.28. The fourth-order valence-corrected chi connectivity index (χ4v) is 3.81. The van der Waals surface area contributed by atoms with Crippen LogP contribution in [0.3, 0.4) is 0 Å². The normalized spacial score (nSPS) is 24.4. The molecule has 0 radical (unpaired) electrons. The van der Waals surface area contributed by atoms with Gasteiger partial charge in [-0.15, -0.1) is 0 Å². The van der Waals surface area contributed by atoms with Crippen molar-refractivity contribution in [2.24, 2.45) is 0 Å². The zero-order valence-corrected chi connectivity index (χ0v) is 12.7. The molecule has 17 heavy (non-hydrogen) atoms. The first kappa shape index (κ1) is 15.4. The molecule has 0 spiro atoms. The van der Waals surface area contributed by atoms with Crippen LogP contribution >= 0.6 is 11.8 Å². The summed E-state index contributed by atoms with van der Waals surface area (Å²) in [6, 6.07) is 0. The van der Waals surface area contributed by atoms with Gasteiger partial charge in [0.1, 0.15) is 0 Å². The predicted molar refractivity (Wildman–Crippen MR) is 81.0 cm³/mol. The smallest absolute Gasteiger partial charge is 0.0256 e. The molecular weight excluding hydrogens is 226 g/mol. The summed E-state index contributed by atoms with van der Waals surface area (Å²) in [5.74, 6) is 1.37. The maximum absolute atomic E-state index is 3.65. The van der Waals surface area contributed by atoms with E-state index in [-0.39, 0.29) is 0 Å². The molecule has 0 saturated carbocycles. The fourth-order valence-electron chi connectivity index (χ4n) is 2.54. The molecule has 1 aliphatic rings. The lowest BCUT2D eigenvalue weighted by Gasteiger charge is -2.22. The van der Waals surface area contributed by atoms with Crippen molar-refractivity contribution in [2.45, 2.75) is 76.4 Å². The SMILES string of the molecule is CCCCCCCCCNCC1(C)CCCS1. The summed E-state index contributed by atoms with van der Waals surface area (Å²) in [5.41, 5.74) is 0. The van der Waals surface area contributed by atoms with Crippen LogP contribution in [0, 0.1) is 0 Å². The van der Waals surface area contributed by atoms with E-state index in [2.05, 4.69) is 30.9 Å². The Morgan fingerprint density at radius 3 is 2.41 bits per heavy atom. The molecule has 102 valence electrons. The number of thioether (sulfide) groups is 1. The molecule has 0 aromatic carbocycles. The Bertz CT molecular complexity index is 176. The Morgan fingerprint density at radius 1 is 1.06 bits per heavy atom. The van der Waals surface area contributed by atoms with Crippen LogP contribution in [0.2, 0.25) is 0 Å². The van der Waals surface area contributed by atoms with E-state index in [4.69, 9.17) is 0 Å². The van der Waals surface area contributed by atoms with Crippen LogP contribution in [0.4, 0.5) is 0 Å². The summed E-state index contributed by atoms with van der Waals surface area (Å²) in [7, 11) is 0. The van der Waals surface area contributed by atoms with Crippen LogP contribution in [-0.4, -0.2) is 23.6 Å². The Hall–Kier alpha value is 0.310. The lowest BCUT2D eigenvalue weighted by atomic mass is 10.1. The van der Waals surface area contributed by atoms with Gasteiger partial charge in [-0.05, 0) is 38.5 Å². The molecule has 1 fully saturated rings. The number of unbranched alkanes of at least 4 members (excludes halogenated alkanes) is 6. The van der Waals surface area contributed by atoms with Gasteiger partial charge in [-0.3, -0.25) is 0 Å². The second kappa shape index (κ2) is 9.27. The van der Waals surface area contributed by atoms with Crippen LogP contribution in [0.1, 0.15) is 71.6 Å². The van der Waals surface area contributed by atoms with Crippen molar-refractivity contribution in [2.75, 3.05) is 18.8 Å². The lowest BCUT2D eigenvalue weighted by Crippen LogP contribution is -2.33. The number of hydrogen-bond donors (Lipinski definition) is 1. The highest BCUT2D eigenvalue weighted by atomic mass is 32.2. The van der Waals surface area contributed by atoms with Crippen molar-refractivity contribution in [3.63, 3.8) is 0 Å². The average Bonchev–Trinajstić information content (AvgIpc) is 2.74. The van der Waals surface area contributed by atoms with Crippen molar-refractivity contribution in [3.05, 3.63) is 0 Å². The number of rotatable bonds is 10. The van der Waals surface area contributed by atoms with E-state index in [1.165, 1.54) is 76.6 Å². The number of hydrogen-bond acceptors (Lipinski definition) is 2. The molecule has 1 N–H and O–H groups in total. The molecule has 1 saturated heterocycles. The highest BCUT2D eigenvalue weighted by molar-refractivity contribution is 8.00. The minimum absolute atomic E-state index is 0.543. The summed E-state index contributed by atoms with van der Waals surface area (Å²) < 4.78 is 0.543. The van der Waals surface area contributed by atoms with Crippen molar-refractivity contribution < 1.29 is 0 Å². The van der Waals surface area contributed by atoms with Gasteiger partial charge in [0.05, 0.1) is 0 Å². The second-order valence-corrected chi connectivity index (χ2v) is 7.38. The predicted octanol–water partition coefficient (Wildman–Crippen LogP) is 4.61. The topological polar surface area (TPSA) is 12.0 Å². The van der Waals surface area contributed by atoms with Gasteiger partial charge >= 0.3 is 0 Å². The van der Waals surface area contributed by atoms with Crippen LogP contribution in [0.25, 0.3) is 0 Å². The zero-order valence-electron chi connectivity index (χ0n) is 11.9. The summed E-state index contributed by atoms with van der Waals surface area (Å²) in [5, 5.41) is 3.65. The van der Waals surface area contributed by atoms with Gasteiger partial charge in [0.2, 0.25) is 0 Å². The lowest BCUT2D eigenvalue weighted by molar-refractivity contribution is 0.513. The molecular formula is C15H31NS. The van der Waals surface area contributed by atoms with E-state index in [1.54, 1.807) is 0 Å². The monoisotopic (exact) mass is 257 g/mol. The Labute approximate surface area is 113 Å². The third-order valence-corrected chi connectivity index (χ3v) is 5.29. The molecule has 1 heterocycles. The highest BCUT2D eigenvalue weighted by Crippen LogP contribution is 2.36.